The van der Waals surface area contributed by atoms with E-state index in [0.717, 1.165) is 11.4 Å². The van der Waals surface area contributed by atoms with Gasteiger partial charge in [0.05, 0.1) is 18.9 Å². The second-order valence-electron chi connectivity index (χ2n) is 6.47. The molecule has 9 heteroatoms. The van der Waals surface area contributed by atoms with Crippen molar-refractivity contribution in [2.75, 3.05) is 26.3 Å². The summed E-state index contributed by atoms with van der Waals surface area (Å²) in [5.74, 6) is -0.805. The van der Waals surface area contributed by atoms with Crippen molar-refractivity contribution < 1.29 is 14.6 Å². The third-order valence-corrected chi connectivity index (χ3v) is 5.95. The summed E-state index contributed by atoms with van der Waals surface area (Å²) in [6.45, 7) is 4.27. The molecule has 2 aliphatic heterocycles. The fraction of sp³-hybridized carbons (Fsp3) is 0.600. The van der Waals surface area contributed by atoms with Crippen molar-refractivity contribution in [3.63, 3.8) is 0 Å². The number of aromatic nitrogens is 3. The number of aliphatic carboxylic acids is 1. The summed E-state index contributed by atoms with van der Waals surface area (Å²) in [5, 5.41) is 14.7. The summed E-state index contributed by atoms with van der Waals surface area (Å²) in [7, 11) is 0. The summed E-state index contributed by atoms with van der Waals surface area (Å²) in [6, 6.07) is 1.49. The van der Waals surface area contributed by atoms with Gasteiger partial charge in [0.2, 0.25) is 4.96 Å². The van der Waals surface area contributed by atoms with Gasteiger partial charge < -0.3 is 9.84 Å². The van der Waals surface area contributed by atoms with Gasteiger partial charge in [-0.3, -0.25) is 14.5 Å². The van der Waals surface area contributed by atoms with E-state index in [4.69, 9.17) is 4.74 Å². The molecular weight excluding hydrogens is 332 g/mol. The summed E-state index contributed by atoms with van der Waals surface area (Å²) in [6.07, 6.45) is 0.762. The lowest BCUT2D eigenvalue weighted by Gasteiger charge is -2.21. The van der Waals surface area contributed by atoms with Crippen LogP contribution >= 0.6 is 11.3 Å². The molecular formula is C15H18N4O4S. The molecule has 2 fully saturated rings. The van der Waals surface area contributed by atoms with E-state index in [0.29, 0.717) is 36.9 Å². The van der Waals surface area contributed by atoms with Crippen LogP contribution in [0.25, 0.3) is 4.96 Å². The Labute approximate surface area is 141 Å². The van der Waals surface area contributed by atoms with E-state index in [1.807, 2.05) is 6.92 Å². The lowest BCUT2D eigenvalue weighted by atomic mass is 9.81. The molecule has 0 saturated carbocycles. The van der Waals surface area contributed by atoms with Crippen LogP contribution in [0.15, 0.2) is 10.9 Å². The minimum atomic E-state index is -0.820. The first kappa shape index (κ1) is 15.7. The highest BCUT2D eigenvalue weighted by molar-refractivity contribution is 7.16. The van der Waals surface area contributed by atoms with E-state index in [-0.39, 0.29) is 18.1 Å². The van der Waals surface area contributed by atoms with Gasteiger partial charge in [-0.05, 0) is 6.42 Å². The quantitative estimate of drug-likeness (QED) is 0.844. The van der Waals surface area contributed by atoms with Gasteiger partial charge in [-0.15, -0.1) is 0 Å². The summed E-state index contributed by atoms with van der Waals surface area (Å²) in [4.78, 5) is 31.1. The zero-order valence-corrected chi connectivity index (χ0v) is 14.1. The Morgan fingerprint density at radius 2 is 2.42 bits per heavy atom. The average molecular weight is 350 g/mol. The molecule has 2 aliphatic rings. The molecule has 4 heterocycles. The van der Waals surface area contributed by atoms with E-state index in [9.17, 15) is 14.7 Å². The fourth-order valence-corrected chi connectivity index (χ4v) is 4.47. The average Bonchev–Trinajstić information content (AvgIpc) is 3.18. The van der Waals surface area contributed by atoms with Crippen LogP contribution in [0, 0.1) is 11.3 Å². The normalized spacial score (nSPS) is 27.0. The number of aryl methyl sites for hydroxylation is 1. The number of hydrogen-bond donors (Lipinski definition) is 1. The van der Waals surface area contributed by atoms with Gasteiger partial charge in [0.25, 0.3) is 5.56 Å². The number of ether oxygens (including phenoxy) is 1. The molecule has 8 nitrogen and oxygen atoms in total. The molecule has 0 spiro atoms. The van der Waals surface area contributed by atoms with E-state index >= 15 is 0 Å². The number of carbonyl (C=O) groups is 1. The second-order valence-corrected chi connectivity index (χ2v) is 7.51. The maximum atomic E-state index is 12.2. The predicted molar refractivity (Wildman–Crippen MR) is 86.2 cm³/mol. The van der Waals surface area contributed by atoms with Gasteiger partial charge in [-0.25, -0.2) is 4.98 Å². The van der Waals surface area contributed by atoms with E-state index in [1.54, 1.807) is 0 Å². The molecule has 0 aromatic carbocycles. The Morgan fingerprint density at radius 3 is 3.12 bits per heavy atom. The van der Waals surface area contributed by atoms with Crippen molar-refractivity contribution in [2.45, 2.75) is 19.9 Å². The number of nitrogens with zero attached hydrogens (tertiary/aromatic N) is 4. The number of rotatable bonds is 4. The Balaban J connectivity index is 1.59. The first-order valence-corrected chi connectivity index (χ1v) is 8.75. The number of fused-ring (bicyclic) bond motifs is 2. The van der Waals surface area contributed by atoms with E-state index < -0.39 is 11.4 Å². The highest BCUT2D eigenvalue weighted by atomic mass is 32.1. The largest absolute Gasteiger partial charge is 0.481 e. The van der Waals surface area contributed by atoms with Gasteiger partial charge >= 0.3 is 5.97 Å². The molecule has 0 bridgehead atoms. The molecule has 24 heavy (non-hydrogen) atoms. The smallest absolute Gasteiger partial charge is 0.313 e. The lowest BCUT2D eigenvalue weighted by molar-refractivity contribution is -0.149. The van der Waals surface area contributed by atoms with Crippen LogP contribution in [0.1, 0.15) is 17.6 Å². The molecule has 2 atom stereocenters. The monoisotopic (exact) mass is 350 g/mol. The molecule has 2 aromatic rings. The maximum Gasteiger partial charge on any atom is 0.313 e. The van der Waals surface area contributed by atoms with Crippen LogP contribution in [-0.2, 0) is 22.5 Å². The zero-order valence-electron chi connectivity index (χ0n) is 13.3. The minimum absolute atomic E-state index is 0.00470. The zero-order chi connectivity index (χ0) is 16.9. The molecule has 0 unspecified atom stereocenters. The number of hydrogen-bond acceptors (Lipinski definition) is 7. The summed E-state index contributed by atoms with van der Waals surface area (Å²) in [5.41, 5.74) is -0.353. The van der Waals surface area contributed by atoms with Crippen LogP contribution in [0.2, 0.25) is 0 Å². The highest BCUT2D eigenvalue weighted by Crippen LogP contribution is 2.41. The molecule has 128 valence electrons. The molecule has 2 saturated heterocycles. The first-order chi connectivity index (χ1) is 11.5. The Bertz CT molecular complexity index is 863. The maximum absolute atomic E-state index is 12.2. The van der Waals surface area contributed by atoms with Crippen molar-refractivity contribution >= 4 is 22.3 Å². The van der Waals surface area contributed by atoms with Crippen LogP contribution in [0.3, 0.4) is 0 Å². The SMILES string of the molecule is CCc1nn2c(=O)cc(CN3C[C@@H]4COC[C@]4(C(=O)O)C3)nc2s1. The molecule has 0 radical (unpaired) electrons. The van der Waals surface area contributed by atoms with Crippen molar-refractivity contribution in [1.29, 1.82) is 0 Å². The van der Waals surface area contributed by atoms with Gasteiger partial charge in [0, 0.05) is 31.6 Å². The third kappa shape index (κ3) is 2.35. The van der Waals surface area contributed by atoms with Crippen LogP contribution in [0.5, 0.6) is 0 Å². The van der Waals surface area contributed by atoms with Crippen molar-refractivity contribution in [2.24, 2.45) is 11.3 Å². The van der Waals surface area contributed by atoms with Crippen molar-refractivity contribution in [1.82, 2.24) is 19.5 Å². The Kier molecular flexibility index (Phi) is 3.66. The minimum Gasteiger partial charge on any atom is -0.481 e. The second kappa shape index (κ2) is 5.61. The summed E-state index contributed by atoms with van der Waals surface area (Å²) >= 11 is 1.41. The van der Waals surface area contributed by atoms with Gasteiger partial charge in [0.15, 0.2) is 0 Å². The van der Waals surface area contributed by atoms with Crippen molar-refractivity contribution in [3.8, 4) is 0 Å². The number of carboxylic acids is 1. The van der Waals surface area contributed by atoms with Gasteiger partial charge in [-0.2, -0.15) is 9.61 Å². The van der Waals surface area contributed by atoms with Crippen LogP contribution < -0.4 is 5.56 Å². The first-order valence-electron chi connectivity index (χ1n) is 7.94. The highest BCUT2D eigenvalue weighted by Gasteiger charge is 2.56. The molecule has 4 rings (SSSR count). The molecule has 1 N–H and O–H groups in total. The number of likely N-dealkylation sites (tertiary alicyclic amines) is 1. The summed E-state index contributed by atoms with van der Waals surface area (Å²) < 4.78 is 6.72. The van der Waals surface area contributed by atoms with Crippen molar-refractivity contribution in [3.05, 3.63) is 27.1 Å². The van der Waals surface area contributed by atoms with E-state index in [1.165, 1.54) is 21.9 Å². The fourth-order valence-electron chi connectivity index (χ4n) is 3.61. The molecule has 2 aromatic heterocycles. The third-order valence-electron chi connectivity index (χ3n) is 4.90. The van der Waals surface area contributed by atoms with Gasteiger partial charge in [-0.1, -0.05) is 18.3 Å². The van der Waals surface area contributed by atoms with Gasteiger partial charge in [0.1, 0.15) is 10.4 Å². The Hall–Kier alpha value is -1.84. The lowest BCUT2D eigenvalue weighted by Crippen LogP contribution is -2.39. The topological polar surface area (TPSA) is 97.0 Å². The predicted octanol–water partition coefficient (Wildman–Crippen LogP) is 0.246. The molecule has 0 aliphatic carbocycles. The Morgan fingerprint density at radius 1 is 1.58 bits per heavy atom. The standard InChI is InChI=1S/C15H18N4O4S/c1-2-11-17-19-12(20)3-10(16-14(19)24-11)5-18-4-9-6-23-8-15(9,7-18)13(21)22/h3,9H,2,4-8H2,1H3,(H,21,22)/t9-,15-/m1/s1. The van der Waals surface area contributed by atoms with E-state index in [2.05, 4.69) is 15.0 Å². The number of carboxylic acid groups (broad SMARTS) is 1. The van der Waals surface area contributed by atoms with Crippen LogP contribution in [-0.4, -0.2) is 56.9 Å². The molecule has 0 amide bonds. The van der Waals surface area contributed by atoms with Crippen LogP contribution in [0.4, 0.5) is 0 Å².